The fraction of sp³-hybridized carbons (Fsp3) is 0.667. The summed E-state index contributed by atoms with van der Waals surface area (Å²) < 4.78 is 0. The number of piperidine rings is 1. The molecular formula is C15H23N3O3. The molecule has 2 N–H and O–H groups in total. The van der Waals surface area contributed by atoms with Gasteiger partial charge in [0.1, 0.15) is 11.6 Å². The fourth-order valence-electron chi connectivity index (χ4n) is 2.78. The summed E-state index contributed by atoms with van der Waals surface area (Å²) in [6.07, 6.45) is 3.86. The van der Waals surface area contributed by atoms with Crippen LogP contribution in [0.3, 0.4) is 0 Å². The average molecular weight is 293 g/mol. The first-order valence-electron chi connectivity index (χ1n) is 7.57. The Morgan fingerprint density at radius 1 is 1.52 bits per heavy atom. The lowest BCUT2D eigenvalue weighted by atomic mass is 9.98. The summed E-state index contributed by atoms with van der Waals surface area (Å²) in [6, 6.07) is 1.68. The van der Waals surface area contributed by atoms with Crippen molar-refractivity contribution in [3.63, 3.8) is 0 Å². The van der Waals surface area contributed by atoms with Gasteiger partial charge in [0.2, 0.25) is 0 Å². The van der Waals surface area contributed by atoms with Gasteiger partial charge >= 0.3 is 5.97 Å². The summed E-state index contributed by atoms with van der Waals surface area (Å²) in [4.78, 5) is 32.0. The summed E-state index contributed by atoms with van der Waals surface area (Å²) >= 11 is 0. The number of carbonyl (C=O) groups is 1. The monoisotopic (exact) mass is 293 g/mol. The van der Waals surface area contributed by atoms with Crippen LogP contribution in [0, 0.1) is 0 Å². The lowest BCUT2D eigenvalue weighted by molar-refractivity contribution is -0.137. The van der Waals surface area contributed by atoms with E-state index in [1.165, 1.54) is 6.07 Å². The van der Waals surface area contributed by atoms with Crippen molar-refractivity contribution < 1.29 is 9.90 Å². The Hall–Kier alpha value is -1.85. The lowest BCUT2D eigenvalue weighted by Gasteiger charge is -2.36. The van der Waals surface area contributed by atoms with Gasteiger partial charge in [-0.25, -0.2) is 4.98 Å². The molecule has 6 nitrogen and oxygen atoms in total. The maximum Gasteiger partial charge on any atom is 0.303 e. The molecule has 1 aromatic heterocycles. The van der Waals surface area contributed by atoms with E-state index in [2.05, 4.69) is 14.9 Å². The molecule has 1 atom stereocenters. The molecule has 1 fully saturated rings. The number of H-pyrrole nitrogens is 1. The molecule has 0 radical (unpaired) electrons. The Labute approximate surface area is 124 Å². The molecule has 21 heavy (non-hydrogen) atoms. The number of carboxylic acid groups (broad SMARTS) is 1. The molecule has 1 unspecified atom stereocenters. The van der Waals surface area contributed by atoms with Crippen LogP contribution in [0.15, 0.2) is 10.9 Å². The third-order valence-corrected chi connectivity index (χ3v) is 3.91. The first kappa shape index (κ1) is 15.5. The largest absolute Gasteiger partial charge is 0.481 e. The molecule has 0 saturated carbocycles. The predicted molar refractivity (Wildman–Crippen MR) is 80.8 cm³/mol. The number of rotatable bonds is 5. The number of aromatic amines is 1. The van der Waals surface area contributed by atoms with Crippen molar-refractivity contribution in [1.82, 2.24) is 9.97 Å². The van der Waals surface area contributed by atoms with Gasteiger partial charge in [0.05, 0.1) is 0 Å². The van der Waals surface area contributed by atoms with Gasteiger partial charge in [0.15, 0.2) is 0 Å². The van der Waals surface area contributed by atoms with Crippen LogP contribution in [0.25, 0.3) is 0 Å². The molecule has 1 saturated heterocycles. The summed E-state index contributed by atoms with van der Waals surface area (Å²) in [5.74, 6) is 0.736. The molecule has 1 aliphatic heterocycles. The van der Waals surface area contributed by atoms with Crippen molar-refractivity contribution in [1.29, 1.82) is 0 Å². The van der Waals surface area contributed by atoms with Crippen LogP contribution >= 0.6 is 0 Å². The second kappa shape index (κ2) is 6.74. The molecule has 0 spiro atoms. The average Bonchev–Trinajstić information content (AvgIpc) is 2.44. The van der Waals surface area contributed by atoms with E-state index in [1.54, 1.807) is 0 Å². The highest BCUT2D eigenvalue weighted by Crippen LogP contribution is 2.25. The van der Waals surface area contributed by atoms with Gasteiger partial charge in [-0.1, -0.05) is 13.8 Å². The zero-order valence-electron chi connectivity index (χ0n) is 12.6. The van der Waals surface area contributed by atoms with Crippen LogP contribution in [0.1, 0.15) is 57.7 Å². The Morgan fingerprint density at radius 3 is 2.95 bits per heavy atom. The van der Waals surface area contributed by atoms with Crippen LogP contribution in [0.2, 0.25) is 0 Å². The number of aliphatic carboxylic acids is 1. The van der Waals surface area contributed by atoms with E-state index in [1.807, 2.05) is 13.8 Å². The first-order chi connectivity index (χ1) is 9.97. The molecule has 1 aliphatic rings. The van der Waals surface area contributed by atoms with Gasteiger partial charge in [-0.05, 0) is 25.7 Å². The van der Waals surface area contributed by atoms with E-state index in [9.17, 15) is 9.59 Å². The zero-order chi connectivity index (χ0) is 15.4. The highest BCUT2D eigenvalue weighted by molar-refractivity contribution is 5.66. The van der Waals surface area contributed by atoms with Crippen LogP contribution < -0.4 is 10.5 Å². The van der Waals surface area contributed by atoms with Gasteiger partial charge in [-0.3, -0.25) is 9.59 Å². The smallest absolute Gasteiger partial charge is 0.303 e. The van der Waals surface area contributed by atoms with Gasteiger partial charge in [0, 0.05) is 31.0 Å². The Balaban J connectivity index is 2.24. The predicted octanol–water partition coefficient (Wildman–Crippen LogP) is 2.12. The minimum absolute atomic E-state index is 0.147. The topological polar surface area (TPSA) is 86.3 Å². The summed E-state index contributed by atoms with van der Waals surface area (Å²) in [5.41, 5.74) is -0.147. The number of nitrogens with zero attached hydrogens (tertiary/aromatic N) is 2. The van der Waals surface area contributed by atoms with E-state index >= 15 is 0 Å². The highest BCUT2D eigenvalue weighted by Gasteiger charge is 2.25. The minimum atomic E-state index is -0.776. The molecule has 0 aromatic carbocycles. The van der Waals surface area contributed by atoms with Gasteiger partial charge in [0.25, 0.3) is 5.56 Å². The van der Waals surface area contributed by atoms with Gasteiger partial charge in [-0.15, -0.1) is 0 Å². The maximum atomic E-state index is 11.8. The van der Waals surface area contributed by atoms with Crippen molar-refractivity contribution in [2.24, 2.45) is 0 Å². The van der Waals surface area contributed by atoms with E-state index in [-0.39, 0.29) is 23.9 Å². The zero-order valence-corrected chi connectivity index (χ0v) is 12.6. The third kappa shape index (κ3) is 4.06. The molecule has 6 heteroatoms. The quantitative estimate of drug-likeness (QED) is 0.868. The number of hydrogen-bond donors (Lipinski definition) is 2. The molecule has 0 aliphatic carbocycles. The molecular weight excluding hydrogens is 270 g/mol. The molecule has 2 heterocycles. The summed E-state index contributed by atoms with van der Waals surface area (Å²) in [5, 5.41) is 8.87. The number of anilines is 1. The van der Waals surface area contributed by atoms with Crippen LogP contribution in [-0.4, -0.2) is 33.6 Å². The number of carboxylic acids is 1. The molecule has 0 amide bonds. The Kier molecular flexibility index (Phi) is 4.98. The Bertz CT molecular complexity index is 553. The Morgan fingerprint density at radius 2 is 2.29 bits per heavy atom. The number of aromatic nitrogens is 2. The van der Waals surface area contributed by atoms with E-state index in [0.29, 0.717) is 18.1 Å². The normalized spacial score (nSPS) is 19.0. The van der Waals surface area contributed by atoms with Crippen molar-refractivity contribution in [3.05, 3.63) is 22.2 Å². The highest BCUT2D eigenvalue weighted by atomic mass is 16.4. The maximum absolute atomic E-state index is 11.8. The van der Waals surface area contributed by atoms with E-state index < -0.39 is 5.97 Å². The second-order valence-electron chi connectivity index (χ2n) is 5.92. The molecule has 1 aromatic rings. The van der Waals surface area contributed by atoms with E-state index in [4.69, 9.17) is 5.11 Å². The third-order valence-electron chi connectivity index (χ3n) is 3.91. The number of hydrogen-bond acceptors (Lipinski definition) is 4. The van der Waals surface area contributed by atoms with Crippen LogP contribution in [0.4, 0.5) is 5.82 Å². The van der Waals surface area contributed by atoms with Gasteiger partial charge < -0.3 is 15.0 Å². The van der Waals surface area contributed by atoms with Crippen LogP contribution in [-0.2, 0) is 4.79 Å². The molecule has 0 bridgehead atoms. The molecule has 2 rings (SSSR count). The van der Waals surface area contributed by atoms with Crippen molar-refractivity contribution >= 4 is 11.8 Å². The SMILES string of the molecule is CC(C)c1nc(N2CCCCC2CCC(=O)O)cc(=O)[nH]1. The van der Waals surface area contributed by atoms with Crippen LogP contribution in [0.5, 0.6) is 0 Å². The van der Waals surface area contributed by atoms with E-state index in [0.717, 1.165) is 25.8 Å². The minimum Gasteiger partial charge on any atom is -0.481 e. The second-order valence-corrected chi connectivity index (χ2v) is 5.92. The lowest BCUT2D eigenvalue weighted by Crippen LogP contribution is -2.41. The van der Waals surface area contributed by atoms with Crippen molar-refractivity contribution in [2.45, 2.75) is 57.9 Å². The number of nitrogens with one attached hydrogen (secondary N) is 1. The van der Waals surface area contributed by atoms with Crippen molar-refractivity contribution in [2.75, 3.05) is 11.4 Å². The standard InChI is InChI=1S/C15H23N3O3/c1-10(2)15-16-12(9-13(19)17-15)18-8-4-3-5-11(18)6-7-14(20)21/h9-11H,3-8H2,1-2H3,(H,20,21)(H,16,17,19). The van der Waals surface area contributed by atoms with Gasteiger partial charge in [-0.2, -0.15) is 0 Å². The molecule has 116 valence electrons. The van der Waals surface area contributed by atoms with Crippen molar-refractivity contribution in [3.8, 4) is 0 Å². The first-order valence-corrected chi connectivity index (χ1v) is 7.57. The fourth-order valence-corrected chi connectivity index (χ4v) is 2.78. The summed E-state index contributed by atoms with van der Waals surface area (Å²) in [7, 11) is 0. The summed E-state index contributed by atoms with van der Waals surface area (Å²) in [6.45, 7) is 4.80.